The number of aryl methyl sites for hydroxylation is 4. The second-order valence-corrected chi connectivity index (χ2v) is 7.74. The monoisotopic (exact) mass is 332 g/mol. The first-order valence-corrected chi connectivity index (χ1v) is 10.1. The van der Waals surface area contributed by atoms with Crippen LogP contribution in [0.2, 0.25) is 0 Å². The van der Waals surface area contributed by atoms with Gasteiger partial charge in [-0.1, -0.05) is 36.4 Å². The molecule has 0 heterocycles. The fraction of sp³-hybridized carbons (Fsp3) is 0.458. The van der Waals surface area contributed by atoms with Crippen molar-refractivity contribution in [3.05, 3.63) is 69.8 Å². The summed E-state index contributed by atoms with van der Waals surface area (Å²) in [4.78, 5) is 12.6. The van der Waals surface area contributed by atoms with Crippen molar-refractivity contribution in [1.82, 2.24) is 0 Å². The second-order valence-electron chi connectivity index (χ2n) is 7.74. The van der Waals surface area contributed by atoms with Crippen molar-refractivity contribution in [2.45, 2.75) is 70.6 Å². The third kappa shape index (κ3) is 3.71. The van der Waals surface area contributed by atoms with Crippen molar-refractivity contribution in [2.75, 3.05) is 0 Å². The van der Waals surface area contributed by atoms with Crippen LogP contribution in [0.5, 0.6) is 0 Å². The largest absolute Gasteiger partial charge is 0.294 e. The number of ketones is 1. The summed E-state index contributed by atoms with van der Waals surface area (Å²) in [5, 5.41) is 0. The van der Waals surface area contributed by atoms with E-state index >= 15 is 0 Å². The Kier molecular flexibility index (Phi) is 5.01. The zero-order valence-electron chi connectivity index (χ0n) is 15.2. The minimum absolute atomic E-state index is 0.397. The number of benzene rings is 2. The van der Waals surface area contributed by atoms with Crippen LogP contribution in [0.25, 0.3) is 0 Å². The van der Waals surface area contributed by atoms with Crippen LogP contribution >= 0.6 is 0 Å². The Balaban J connectivity index is 1.62. The van der Waals surface area contributed by atoms with Gasteiger partial charge >= 0.3 is 0 Å². The maximum atomic E-state index is 12.6. The molecule has 2 aromatic rings. The summed E-state index contributed by atoms with van der Waals surface area (Å²) in [6, 6.07) is 13.8. The predicted molar refractivity (Wildman–Crippen MR) is 103 cm³/mol. The summed E-state index contributed by atoms with van der Waals surface area (Å²) < 4.78 is 0. The Morgan fingerprint density at radius 1 is 0.520 bits per heavy atom. The molecule has 0 radical (unpaired) electrons. The molecular formula is C24H28O. The fourth-order valence-corrected chi connectivity index (χ4v) is 4.53. The molecule has 5 aliphatic carbocycles. The third-order valence-corrected chi connectivity index (χ3v) is 5.95. The number of Topliss-reactive ketones (excluding diaryl/α,β-unsaturated/α-hetero) is 1. The van der Waals surface area contributed by atoms with Gasteiger partial charge in [0.25, 0.3) is 0 Å². The summed E-state index contributed by atoms with van der Waals surface area (Å²) in [5.41, 5.74) is 8.16. The molecule has 5 aliphatic rings. The van der Waals surface area contributed by atoms with Crippen LogP contribution in [-0.2, 0) is 32.1 Å². The lowest BCUT2D eigenvalue weighted by Crippen LogP contribution is -2.16. The average Bonchev–Trinajstić information content (AvgIpc) is 2.63. The van der Waals surface area contributed by atoms with Crippen LogP contribution in [0.1, 0.15) is 76.7 Å². The highest BCUT2D eigenvalue weighted by Gasteiger charge is 2.22. The average molecular weight is 332 g/mol. The minimum atomic E-state index is 0.397. The molecule has 0 aromatic heterocycles. The summed E-state index contributed by atoms with van der Waals surface area (Å²) >= 11 is 0. The summed E-state index contributed by atoms with van der Waals surface area (Å²) in [6.07, 6.45) is 12.2. The van der Waals surface area contributed by atoms with Gasteiger partial charge in [0, 0.05) is 12.0 Å². The first kappa shape index (κ1) is 16.6. The third-order valence-electron chi connectivity index (χ3n) is 5.95. The van der Waals surface area contributed by atoms with Crippen LogP contribution in [-0.4, -0.2) is 5.78 Å². The Morgan fingerprint density at radius 2 is 1.08 bits per heavy atom. The highest BCUT2D eigenvalue weighted by atomic mass is 16.1. The Bertz CT molecular complexity index is 754. The lowest BCUT2D eigenvalue weighted by Gasteiger charge is -2.22. The minimum Gasteiger partial charge on any atom is -0.294 e. The molecule has 0 saturated carbocycles. The van der Waals surface area contributed by atoms with Gasteiger partial charge in [-0.05, 0) is 92.0 Å². The Labute approximate surface area is 151 Å². The van der Waals surface area contributed by atoms with E-state index in [0.717, 1.165) is 44.1 Å². The highest BCUT2D eigenvalue weighted by molar-refractivity contribution is 6.00. The fourth-order valence-electron chi connectivity index (χ4n) is 4.53. The maximum absolute atomic E-state index is 12.6. The van der Waals surface area contributed by atoms with Crippen LogP contribution < -0.4 is 0 Å². The van der Waals surface area contributed by atoms with Crippen molar-refractivity contribution in [2.24, 2.45) is 0 Å². The molecule has 1 nitrogen and oxygen atoms in total. The first-order valence-electron chi connectivity index (χ1n) is 10.1. The Hall–Kier alpha value is -1.89. The summed E-state index contributed by atoms with van der Waals surface area (Å²) in [5.74, 6) is 0.397. The van der Waals surface area contributed by atoms with E-state index in [1.54, 1.807) is 0 Å². The van der Waals surface area contributed by atoms with E-state index in [1.165, 1.54) is 59.9 Å². The van der Waals surface area contributed by atoms with Gasteiger partial charge in [0.05, 0.1) is 0 Å². The molecule has 0 saturated heterocycles. The van der Waals surface area contributed by atoms with Gasteiger partial charge < -0.3 is 0 Å². The number of hydrogen-bond donors (Lipinski definition) is 0. The van der Waals surface area contributed by atoms with Crippen molar-refractivity contribution < 1.29 is 4.79 Å². The molecule has 1 heteroatoms. The van der Waals surface area contributed by atoms with E-state index in [1.807, 2.05) is 0 Å². The van der Waals surface area contributed by atoms with Gasteiger partial charge in [-0.2, -0.15) is 0 Å². The predicted octanol–water partition coefficient (Wildman–Crippen LogP) is 5.65. The first-order chi connectivity index (χ1) is 12.3. The molecule has 0 amide bonds. The number of hydrogen-bond acceptors (Lipinski definition) is 1. The summed E-state index contributed by atoms with van der Waals surface area (Å²) in [6.45, 7) is 0. The van der Waals surface area contributed by atoms with E-state index in [2.05, 4.69) is 36.4 Å². The maximum Gasteiger partial charge on any atom is 0.163 e. The van der Waals surface area contributed by atoms with E-state index in [4.69, 9.17) is 0 Å². The Morgan fingerprint density at radius 3 is 1.76 bits per heavy atom. The molecule has 7 rings (SSSR count). The zero-order chi connectivity index (χ0) is 17.1. The van der Waals surface area contributed by atoms with Crippen LogP contribution in [0.4, 0.5) is 0 Å². The van der Waals surface area contributed by atoms with Gasteiger partial charge in [0.15, 0.2) is 5.78 Å². The molecule has 2 aromatic carbocycles. The van der Waals surface area contributed by atoms with Gasteiger partial charge in [-0.25, -0.2) is 0 Å². The molecular weight excluding hydrogens is 304 g/mol. The van der Waals surface area contributed by atoms with Crippen LogP contribution in [0.15, 0.2) is 36.4 Å². The molecule has 0 aliphatic heterocycles. The van der Waals surface area contributed by atoms with Crippen molar-refractivity contribution >= 4 is 5.78 Å². The molecule has 130 valence electrons. The van der Waals surface area contributed by atoms with Crippen LogP contribution in [0, 0.1) is 0 Å². The van der Waals surface area contributed by atoms with Gasteiger partial charge in [0.1, 0.15) is 0 Å². The quantitative estimate of drug-likeness (QED) is 0.609. The highest BCUT2D eigenvalue weighted by Crippen LogP contribution is 2.30. The zero-order valence-corrected chi connectivity index (χ0v) is 15.2. The number of carbonyl (C=O) groups excluding carboxylic acids is 1. The molecule has 0 fully saturated rings. The van der Waals surface area contributed by atoms with Crippen LogP contribution in [0.3, 0.4) is 0 Å². The smallest absolute Gasteiger partial charge is 0.163 e. The topological polar surface area (TPSA) is 17.1 Å². The molecule has 0 atom stereocenters. The lowest BCUT2D eigenvalue weighted by molar-refractivity contribution is 0.0971. The van der Waals surface area contributed by atoms with E-state index in [0.29, 0.717) is 5.78 Å². The van der Waals surface area contributed by atoms with E-state index in [9.17, 15) is 4.79 Å². The molecule has 0 spiro atoms. The second kappa shape index (κ2) is 7.56. The SMILES string of the molecule is O=C1CCCc2c3ccc(c21)CCCCc1ccc(cc1)CCCC3. The van der Waals surface area contributed by atoms with E-state index in [-0.39, 0.29) is 0 Å². The molecule has 4 bridgehead atoms. The number of rotatable bonds is 0. The molecule has 0 N–H and O–H groups in total. The molecule has 25 heavy (non-hydrogen) atoms. The van der Waals surface area contributed by atoms with Crippen molar-refractivity contribution in [1.29, 1.82) is 0 Å². The van der Waals surface area contributed by atoms with Gasteiger partial charge in [0.2, 0.25) is 0 Å². The van der Waals surface area contributed by atoms with Gasteiger partial charge in [-0.3, -0.25) is 4.79 Å². The van der Waals surface area contributed by atoms with E-state index < -0.39 is 0 Å². The summed E-state index contributed by atoms with van der Waals surface area (Å²) in [7, 11) is 0. The van der Waals surface area contributed by atoms with Gasteiger partial charge in [-0.15, -0.1) is 0 Å². The standard InChI is InChI=1S/C24H28O/c25-23-11-5-10-22-20-8-3-1-6-18-12-14-19(15-13-18)7-2-4-9-21(17-16-20)24(22)23/h12-17H,1-11H2. The van der Waals surface area contributed by atoms with Crippen molar-refractivity contribution in [3.8, 4) is 0 Å². The normalized spacial score (nSPS) is 18.3. The molecule has 0 unspecified atom stereocenters. The van der Waals surface area contributed by atoms with Crippen molar-refractivity contribution in [3.63, 3.8) is 0 Å². The number of carbonyl (C=O) groups is 1. The lowest BCUT2D eigenvalue weighted by atomic mass is 9.81.